The van der Waals surface area contributed by atoms with Crippen LogP contribution in [0.15, 0.2) is 91.0 Å². The van der Waals surface area contributed by atoms with Crippen LogP contribution in [-0.2, 0) is 25.7 Å². The molecule has 0 saturated carbocycles. The van der Waals surface area contributed by atoms with Crippen LogP contribution in [0, 0.1) is 5.92 Å². The van der Waals surface area contributed by atoms with Gasteiger partial charge in [0, 0.05) is 36.3 Å². The molecule has 264 valence electrons. The molecule has 4 aromatic carbocycles. The molecule has 11 heteroatoms. The lowest BCUT2D eigenvalue weighted by Crippen LogP contribution is -2.48. The molecule has 0 aromatic heterocycles. The van der Waals surface area contributed by atoms with Crippen molar-refractivity contribution < 1.29 is 37.3 Å². The highest BCUT2D eigenvalue weighted by atomic mass is 19.4. The number of likely N-dealkylation sites (N-methyl/N-ethyl adjacent to an activating group) is 1. The Hall–Kier alpha value is -4.29. The second-order valence-corrected chi connectivity index (χ2v) is 13.3. The van der Waals surface area contributed by atoms with Gasteiger partial charge in [-0.25, -0.2) is 0 Å². The zero-order valence-electron chi connectivity index (χ0n) is 28.3. The predicted molar refractivity (Wildman–Crippen MR) is 184 cm³/mol. The highest BCUT2D eigenvalue weighted by Gasteiger charge is 2.47. The van der Waals surface area contributed by atoms with Gasteiger partial charge in [-0.3, -0.25) is 14.5 Å². The minimum absolute atomic E-state index is 0.0696. The number of ether oxygens (including phenoxy) is 2. The van der Waals surface area contributed by atoms with Crippen molar-refractivity contribution in [3.8, 4) is 0 Å². The Kier molecular flexibility index (Phi) is 10.6. The van der Waals surface area contributed by atoms with E-state index < -0.39 is 30.3 Å². The molecule has 0 aliphatic carbocycles. The van der Waals surface area contributed by atoms with E-state index in [4.69, 9.17) is 9.47 Å². The molecule has 50 heavy (non-hydrogen) atoms. The molecule has 8 nitrogen and oxygen atoms in total. The number of nitrogens with zero attached hydrogens (tertiary/aromatic N) is 2. The highest BCUT2D eigenvalue weighted by Crippen LogP contribution is 2.43. The fraction of sp³-hybridized carbons (Fsp3) is 0.385. The van der Waals surface area contributed by atoms with Crippen LogP contribution in [0.2, 0.25) is 0 Å². The average molecular weight is 690 g/mol. The molecule has 0 bridgehead atoms. The number of halogens is 3. The Labute approximate surface area is 289 Å². The molecule has 2 N–H and O–H groups in total. The number of hydrogen-bond acceptors (Lipinski definition) is 6. The zero-order valence-corrected chi connectivity index (χ0v) is 28.3. The molecule has 4 aromatic rings. The highest BCUT2D eigenvalue weighted by molar-refractivity contribution is 5.98. The van der Waals surface area contributed by atoms with Crippen LogP contribution in [0.4, 0.5) is 18.9 Å². The minimum Gasteiger partial charge on any atom is -0.392 e. The van der Waals surface area contributed by atoms with Gasteiger partial charge in [0.15, 0.2) is 6.29 Å². The second-order valence-electron chi connectivity index (χ2n) is 13.3. The summed E-state index contributed by atoms with van der Waals surface area (Å²) in [5.74, 6) is -2.76. The normalized spacial score (nSPS) is 23.3. The fourth-order valence-electron chi connectivity index (χ4n) is 6.93. The van der Waals surface area contributed by atoms with Crippen LogP contribution in [0.1, 0.15) is 67.4 Å². The van der Waals surface area contributed by atoms with E-state index in [1.807, 2.05) is 42.5 Å². The maximum Gasteiger partial charge on any atom is 0.471 e. The number of carbonyl (C=O) groups excluding carboxylic acids is 2. The Morgan fingerprint density at radius 2 is 1.70 bits per heavy atom. The van der Waals surface area contributed by atoms with Crippen molar-refractivity contribution in [2.24, 2.45) is 5.92 Å². The summed E-state index contributed by atoms with van der Waals surface area (Å²) in [5.41, 5.74) is 3.87. The molecule has 2 aliphatic heterocycles. The maximum absolute atomic E-state index is 13.2. The Morgan fingerprint density at radius 1 is 0.960 bits per heavy atom. The Bertz CT molecular complexity index is 1820. The summed E-state index contributed by atoms with van der Waals surface area (Å²) in [7, 11) is 2.07. The number of hydrogen-bond donors (Lipinski definition) is 2. The summed E-state index contributed by atoms with van der Waals surface area (Å²) in [6, 6.07) is 28.1. The fourth-order valence-corrected chi connectivity index (χ4v) is 6.93. The lowest BCUT2D eigenvalue weighted by atomic mass is 9.89. The quantitative estimate of drug-likeness (QED) is 0.192. The first-order valence-electron chi connectivity index (χ1n) is 16.9. The summed E-state index contributed by atoms with van der Waals surface area (Å²) in [6.45, 7) is 4.63. The van der Waals surface area contributed by atoms with Gasteiger partial charge in [0.2, 0.25) is 5.91 Å². The van der Waals surface area contributed by atoms with E-state index >= 15 is 0 Å². The van der Waals surface area contributed by atoms with E-state index in [-0.39, 0.29) is 43.7 Å². The average Bonchev–Trinajstić information content (AvgIpc) is 3.61. The van der Waals surface area contributed by atoms with Crippen LogP contribution >= 0.6 is 0 Å². The lowest BCUT2D eigenvalue weighted by molar-refractivity contribution is -0.276. The van der Waals surface area contributed by atoms with Gasteiger partial charge < -0.3 is 24.8 Å². The third-order valence-corrected chi connectivity index (χ3v) is 9.99. The molecule has 0 unspecified atom stereocenters. The molecule has 0 radical (unpaired) electrons. The standard InChI is InChI=1S/C39H42F3N3O5/c1-24-34(22-44(3)25(2)29-18-17-27-8-4-5-9-30(27)20-29)49-37(50-35(24)28-15-13-26(23-46)14-16-28)31-10-6-11-32(21-31)43-36(47)33-12-7-19-45(33)38(48)39(40,41)42/h4-6,8-11,13-18,20-21,24-25,33-35,37,46H,7,12,19,22-23H2,1-3H3,(H,43,47)/t24-,25-,33+,34+,35+,37+/m1/s1. The summed E-state index contributed by atoms with van der Waals surface area (Å²) in [4.78, 5) is 28.0. The van der Waals surface area contributed by atoms with Crippen molar-refractivity contribution in [1.82, 2.24) is 9.80 Å². The predicted octanol–water partition coefficient (Wildman–Crippen LogP) is 7.31. The number of aliphatic hydroxyl groups is 1. The molecule has 0 spiro atoms. The van der Waals surface area contributed by atoms with E-state index in [2.05, 4.69) is 61.4 Å². The molecule has 2 amide bonds. The number of anilines is 1. The maximum atomic E-state index is 13.2. The molecular weight excluding hydrogens is 647 g/mol. The van der Waals surface area contributed by atoms with Crippen molar-refractivity contribution in [3.63, 3.8) is 0 Å². The Balaban J connectivity index is 1.23. The minimum atomic E-state index is -5.05. The first kappa shape index (κ1) is 35.5. The topological polar surface area (TPSA) is 91.3 Å². The molecule has 6 atom stereocenters. The third-order valence-electron chi connectivity index (χ3n) is 9.99. The van der Waals surface area contributed by atoms with E-state index in [0.29, 0.717) is 29.1 Å². The summed E-state index contributed by atoms with van der Waals surface area (Å²) in [5, 5.41) is 14.7. The first-order valence-corrected chi connectivity index (χ1v) is 16.9. The van der Waals surface area contributed by atoms with E-state index in [0.717, 1.165) is 11.1 Å². The van der Waals surface area contributed by atoms with Gasteiger partial charge >= 0.3 is 12.1 Å². The van der Waals surface area contributed by atoms with Crippen LogP contribution in [0.25, 0.3) is 10.8 Å². The van der Waals surface area contributed by atoms with Crippen molar-refractivity contribution in [1.29, 1.82) is 0 Å². The second kappa shape index (κ2) is 14.9. The Morgan fingerprint density at radius 3 is 2.42 bits per heavy atom. The third kappa shape index (κ3) is 7.71. The van der Waals surface area contributed by atoms with Gasteiger partial charge in [-0.2, -0.15) is 13.2 Å². The van der Waals surface area contributed by atoms with Crippen LogP contribution in [0.3, 0.4) is 0 Å². The van der Waals surface area contributed by atoms with Gasteiger partial charge in [0.1, 0.15) is 6.04 Å². The first-order chi connectivity index (χ1) is 23.9. The van der Waals surface area contributed by atoms with Crippen LogP contribution in [0.5, 0.6) is 0 Å². The summed E-state index contributed by atoms with van der Waals surface area (Å²) in [6.07, 6.45) is -6.07. The molecule has 2 saturated heterocycles. The largest absolute Gasteiger partial charge is 0.471 e. The van der Waals surface area contributed by atoms with E-state index in [1.54, 1.807) is 18.2 Å². The van der Waals surface area contributed by atoms with Gasteiger partial charge in [0.05, 0.1) is 18.8 Å². The number of fused-ring (bicyclic) bond motifs is 1. The molecule has 2 heterocycles. The van der Waals surface area contributed by atoms with Crippen molar-refractivity contribution in [2.75, 3.05) is 25.5 Å². The molecule has 2 fully saturated rings. The monoisotopic (exact) mass is 689 g/mol. The van der Waals surface area contributed by atoms with Crippen molar-refractivity contribution in [2.45, 2.75) is 70.1 Å². The van der Waals surface area contributed by atoms with Crippen LogP contribution < -0.4 is 5.32 Å². The summed E-state index contributed by atoms with van der Waals surface area (Å²) >= 11 is 0. The number of aliphatic hydroxyl groups excluding tert-OH is 1. The van der Waals surface area contributed by atoms with Gasteiger partial charge in [0.25, 0.3) is 0 Å². The zero-order chi connectivity index (χ0) is 35.6. The van der Waals surface area contributed by atoms with E-state index in [9.17, 15) is 27.9 Å². The number of nitrogens with one attached hydrogen (secondary N) is 1. The molecule has 2 aliphatic rings. The van der Waals surface area contributed by atoms with Crippen molar-refractivity contribution >= 4 is 28.3 Å². The smallest absolute Gasteiger partial charge is 0.392 e. The SMILES string of the molecule is C[C@@H]1[C@H](CN(C)[C@H](C)c2ccc3ccccc3c2)O[C@H](c2cccc(NC(=O)[C@@H]3CCCN3C(=O)C(F)(F)F)c2)O[C@@H]1c1ccc(CO)cc1. The van der Waals surface area contributed by atoms with Crippen molar-refractivity contribution in [3.05, 3.63) is 113 Å². The number of benzene rings is 4. The number of amides is 2. The number of likely N-dealkylation sites (tertiary alicyclic amines) is 1. The van der Waals surface area contributed by atoms with E-state index in [1.165, 1.54) is 16.3 Å². The van der Waals surface area contributed by atoms with Gasteiger partial charge in [-0.15, -0.1) is 0 Å². The van der Waals surface area contributed by atoms with Gasteiger partial charge in [-0.05, 0) is 72.5 Å². The number of carbonyl (C=O) groups is 2. The lowest BCUT2D eigenvalue weighted by Gasteiger charge is -2.43. The van der Waals surface area contributed by atoms with Crippen LogP contribution in [-0.4, -0.2) is 65.2 Å². The number of alkyl halides is 3. The number of rotatable bonds is 9. The molecular formula is C39H42F3N3O5. The summed E-state index contributed by atoms with van der Waals surface area (Å²) < 4.78 is 52.8. The molecule has 6 rings (SSSR count). The van der Waals surface area contributed by atoms with Gasteiger partial charge in [-0.1, -0.05) is 79.7 Å².